The monoisotopic (exact) mass is 706 g/mol. The Balaban J connectivity index is 1.04. The maximum atomic E-state index is 14.9. The number of piperidine rings is 2. The highest BCUT2D eigenvalue weighted by atomic mass is 19.1. The van der Waals surface area contributed by atoms with Gasteiger partial charge in [-0.2, -0.15) is 0 Å². The van der Waals surface area contributed by atoms with Crippen LogP contribution in [0.3, 0.4) is 0 Å². The molecule has 0 spiro atoms. The van der Waals surface area contributed by atoms with Gasteiger partial charge in [-0.15, -0.1) is 0 Å². The summed E-state index contributed by atoms with van der Waals surface area (Å²) in [6.45, 7) is 11.4. The van der Waals surface area contributed by atoms with Crippen LogP contribution < -0.4 is 5.73 Å². The first-order chi connectivity index (χ1) is 24.2. The van der Waals surface area contributed by atoms with Crippen LogP contribution in [0.25, 0.3) is 0 Å². The molecule has 3 N–H and O–H groups in total. The van der Waals surface area contributed by atoms with Crippen molar-refractivity contribution >= 4 is 29.5 Å². The number of primary amides is 1. The summed E-state index contributed by atoms with van der Waals surface area (Å²) < 4.78 is 26.9. The first kappa shape index (κ1) is 37.9. The summed E-state index contributed by atoms with van der Waals surface area (Å²) in [4.78, 5) is 58.2. The standard InChI is InChI=1S/C38H51FN6O6/c1-25-21-28(13-16-45(25)37(49)51-38(2,3)4)50-27-11-14-42(15-12-27)24-34(46)43-17-19-44(20-18-43)36(48)31-22-26(9-10-32(31)39)23-33(40)29-7-5-6-8-30(29)35(41)47/h5-10,22,25,27-28,40H,11-21,23-24H2,1-4H3,(H2,41,47)/t25-,28+/m0/s1. The Hall–Kier alpha value is -4.36. The Morgan fingerprint density at radius 3 is 2.12 bits per heavy atom. The second kappa shape index (κ2) is 16.3. The number of amides is 4. The zero-order chi connectivity index (χ0) is 36.9. The average molecular weight is 707 g/mol. The fourth-order valence-electron chi connectivity index (χ4n) is 7.05. The molecular weight excluding hydrogens is 655 g/mol. The number of halogens is 1. The quantitative estimate of drug-likeness (QED) is 0.373. The summed E-state index contributed by atoms with van der Waals surface area (Å²) in [7, 11) is 0. The number of likely N-dealkylation sites (tertiary alicyclic amines) is 2. The Bertz CT molecular complexity index is 1610. The van der Waals surface area contributed by atoms with Gasteiger partial charge in [0.15, 0.2) is 0 Å². The Kier molecular flexibility index (Phi) is 12.1. The van der Waals surface area contributed by atoms with Crippen molar-refractivity contribution in [2.24, 2.45) is 5.73 Å². The molecule has 3 heterocycles. The van der Waals surface area contributed by atoms with E-state index in [9.17, 15) is 23.6 Å². The highest BCUT2D eigenvalue weighted by molar-refractivity contribution is 6.09. The predicted octanol–water partition coefficient (Wildman–Crippen LogP) is 4.09. The van der Waals surface area contributed by atoms with Crippen LogP contribution in [0.1, 0.15) is 85.2 Å². The van der Waals surface area contributed by atoms with E-state index in [-0.39, 0.29) is 66.6 Å². The molecule has 3 fully saturated rings. The Morgan fingerprint density at radius 1 is 0.863 bits per heavy atom. The highest BCUT2D eigenvalue weighted by Gasteiger charge is 2.34. The van der Waals surface area contributed by atoms with Crippen LogP contribution >= 0.6 is 0 Å². The van der Waals surface area contributed by atoms with Gasteiger partial charge in [0.2, 0.25) is 11.8 Å². The molecule has 0 bridgehead atoms. The molecular formula is C38H51FN6O6. The minimum Gasteiger partial charge on any atom is -0.444 e. The smallest absolute Gasteiger partial charge is 0.410 e. The first-order valence-corrected chi connectivity index (χ1v) is 17.9. The normalized spacial score (nSPS) is 20.6. The van der Waals surface area contributed by atoms with Gasteiger partial charge in [0.25, 0.3) is 5.91 Å². The van der Waals surface area contributed by atoms with Gasteiger partial charge in [0.1, 0.15) is 11.4 Å². The van der Waals surface area contributed by atoms with E-state index in [1.165, 1.54) is 18.2 Å². The van der Waals surface area contributed by atoms with Gasteiger partial charge in [-0.25, -0.2) is 9.18 Å². The summed E-state index contributed by atoms with van der Waals surface area (Å²) in [6.07, 6.45) is 3.22. The third kappa shape index (κ3) is 9.91. The molecule has 2 aromatic rings. The van der Waals surface area contributed by atoms with Crippen molar-refractivity contribution in [1.29, 1.82) is 5.41 Å². The number of rotatable bonds is 9. The van der Waals surface area contributed by atoms with Crippen molar-refractivity contribution in [3.8, 4) is 0 Å². The number of nitrogens with one attached hydrogen (secondary N) is 1. The largest absolute Gasteiger partial charge is 0.444 e. The third-order valence-electron chi connectivity index (χ3n) is 9.81. The molecule has 276 valence electrons. The zero-order valence-electron chi connectivity index (χ0n) is 30.2. The Labute approximate surface area is 299 Å². The van der Waals surface area contributed by atoms with Gasteiger partial charge in [0.05, 0.1) is 24.3 Å². The number of piperazine rings is 1. The SMILES string of the molecule is C[C@H]1C[C@H](OC2CCN(CC(=O)N3CCN(C(=O)c4cc(CC(=N)c5ccccc5C(N)=O)ccc4F)CC3)CC2)CCN1C(=O)OC(C)(C)C. The van der Waals surface area contributed by atoms with Crippen LogP contribution in [0.4, 0.5) is 9.18 Å². The number of carbonyl (C=O) groups excluding carboxylic acids is 4. The lowest BCUT2D eigenvalue weighted by atomic mass is 9.96. The topological polar surface area (TPSA) is 150 Å². The molecule has 3 aliphatic rings. The molecule has 0 saturated carbocycles. The van der Waals surface area contributed by atoms with E-state index in [1.807, 2.05) is 27.7 Å². The summed E-state index contributed by atoms with van der Waals surface area (Å²) in [5.74, 6) is -1.75. The zero-order valence-corrected chi connectivity index (χ0v) is 30.2. The molecule has 0 aromatic heterocycles. The molecule has 2 aromatic carbocycles. The fraction of sp³-hybridized carbons (Fsp3) is 0.553. The summed E-state index contributed by atoms with van der Waals surface area (Å²) in [5.41, 5.74) is 6.17. The molecule has 4 amide bonds. The summed E-state index contributed by atoms with van der Waals surface area (Å²) in [6, 6.07) is 10.8. The van der Waals surface area contributed by atoms with Crippen molar-refractivity contribution in [2.75, 3.05) is 52.4 Å². The Morgan fingerprint density at radius 2 is 1.49 bits per heavy atom. The molecule has 3 aliphatic heterocycles. The van der Waals surface area contributed by atoms with E-state index in [4.69, 9.17) is 20.6 Å². The first-order valence-electron chi connectivity index (χ1n) is 17.9. The predicted molar refractivity (Wildman–Crippen MR) is 190 cm³/mol. The van der Waals surface area contributed by atoms with Gasteiger partial charge >= 0.3 is 6.09 Å². The number of hydrogen-bond donors (Lipinski definition) is 2. The van der Waals surface area contributed by atoms with Crippen LogP contribution in [-0.4, -0.2) is 125 Å². The van der Waals surface area contributed by atoms with E-state index < -0.39 is 23.2 Å². The molecule has 5 rings (SSSR count). The van der Waals surface area contributed by atoms with Gasteiger partial charge in [0, 0.05) is 75.1 Å². The van der Waals surface area contributed by atoms with Gasteiger partial charge in [-0.3, -0.25) is 19.3 Å². The van der Waals surface area contributed by atoms with E-state index in [0.29, 0.717) is 37.3 Å². The van der Waals surface area contributed by atoms with Crippen molar-refractivity contribution in [3.63, 3.8) is 0 Å². The molecule has 51 heavy (non-hydrogen) atoms. The fourth-order valence-corrected chi connectivity index (χ4v) is 7.05. The molecule has 0 aliphatic carbocycles. The van der Waals surface area contributed by atoms with Crippen LogP contribution in [0, 0.1) is 11.2 Å². The van der Waals surface area contributed by atoms with Crippen LogP contribution in [0.2, 0.25) is 0 Å². The van der Waals surface area contributed by atoms with Crippen molar-refractivity contribution in [1.82, 2.24) is 19.6 Å². The van der Waals surface area contributed by atoms with E-state index >= 15 is 0 Å². The van der Waals surface area contributed by atoms with Crippen LogP contribution in [0.15, 0.2) is 42.5 Å². The van der Waals surface area contributed by atoms with Crippen molar-refractivity contribution < 1.29 is 33.0 Å². The average Bonchev–Trinajstić information content (AvgIpc) is 3.09. The molecule has 13 heteroatoms. The number of carbonyl (C=O) groups is 4. The minimum atomic E-state index is -0.653. The minimum absolute atomic E-state index is 0.00717. The second-order valence-electron chi connectivity index (χ2n) is 14.8. The van der Waals surface area contributed by atoms with Crippen LogP contribution in [-0.2, 0) is 20.7 Å². The van der Waals surface area contributed by atoms with Crippen molar-refractivity contribution in [3.05, 3.63) is 70.5 Å². The summed E-state index contributed by atoms with van der Waals surface area (Å²) in [5, 5.41) is 8.53. The van der Waals surface area contributed by atoms with E-state index in [1.54, 1.807) is 39.0 Å². The molecule has 2 atom stereocenters. The molecule has 0 radical (unpaired) electrons. The van der Waals surface area contributed by atoms with Gasteiger partial charge in [-0.05, 0) is 77.1 Å². The number of ether oxygens (including phenoxy) is 2. The summed E-state index contributed by atoms with van der Waals surface area (Å²) >= 11 is 0. The van der Waals surface area contributed by atoms with Crippen molar-refractivity contribution in [2.45, 2.75) is 83.6 Å². The number of hydrogen-bond acceptors (Lipinski definition) is 8. The van der Waals surface area contributed by atoms with Crippen LogP contribution in [0.5, 0.6) is 0 Å². The highest BCUT2D eigenvalue weighted by Crippen LogP contribution is 2.26. The lowest BCUT2D eigenvalue weighted by Gasteiger charge is -2.40. The van der Waals surface area contributed by atoms with Gasteiger partial charge in [-0.1, -0.05) is 24.3 Å². The molecule has 3 saturated heterocycles. The molecule has 0 unspecified atom stereocenters. The number of nitrogens with zero attached hydrogens (tertiary/aromatic N) is 4. The van der Waals surface area contributed by atoms with E-state index in [0.717, 1.165) is 38.8 Å². The van der Waals surface area contributed by atoms with E-state index in [2.05, 4.69) is 4.90 Å². The third-order valence-corrected chi connectivity index (χ3v) is 9.81. The maximum absolute atomic E-state index is 14.9. The molecule has 12 nitrogen and oxygen atoms in total. The lowest BCUT2D eigenvalue weighted by Crippen LogP contribution is -2.53. The maximum Gasteiger partial charge on any atom is 0.410 e. The second-order valence-corrected chi connectivity index (χ2v) is 14.8. The van der Waals surface area contributed by atoms with Gasteiger partial charge < -0.3 is 35.3 Å². The number of nitrogens with two attached hydrogens (primary N) is 1. The number of benzene rings is 2. The lowest BCUT2D eigenvalue weighted by molar-refractivity contribution is -0.135.